The van der Waals surface area contributed by atoms with E-state index < -0.39 is 5.97 Å². The van der Waals surface area contributed by atoms with Gasteiger partial charge >= 0.3 is 5.97 Å². The van der Waals surface area contributed by atoms with Gasteiger partial charge in [0.1, 0.15) is 0 Å². The first kappa shape index (κ1) is 14.0. The van der Waals surface area contributed by atoms with Crippen LogP contribution < -0.4 is 14.8 Å². The highest BCUT2D eigenvalue weighted by Crippen LogP contribution is 2.34. The van der Waals surface area contributed by atoms with Crippen LogP contribution in [-0.4, -0.2) is 30.3 Å². The molecule has 5 nitrogen and oxygen atoms in total. The number of carboxylic acids is 1. The summed E-state index contributed by atoms with van der Waals surface area (Å²) >= 11 is 0. The Kier molecular flexibility index (Phi) is 4.18. The van der Waals surface area contributed by atoms with E-state index >= 15 is 0 Å². The van der Waals surface area contributed by atoms with Crippen molar-refractivity contribution in [2.75, 3.05) is 18.5 Å². The van der Waals surface area contributed by atoms with E-state index in [4.69, 9.17) is 14.6 Å². The van der Waals surface area contributed by atoms with Crippen LogP contribution >= 0.6 is 0 Å². The van der Waals surface area contributed by atoms with Gasteiger partial charge in [0.15, 0.2) is 11.5 Å². The Balaban J connectivity index is 1.67. The second-order valence-corrected chi connectivity index (χ2v) is 5.76. The standard InChI is InChI=1S/C16H21NO4/c18-16(19)11-3-1-4-12(9-11)17-13-5-6-14-15(10-13)21-8-2-7-20-14/h5-6,10-12,17H,1-4,7-9H2,(H,18,19). The van der Waals surface area contributed by atoms with Crippen LogP contribution in [0, 0.1) is 5.92 Å². The summed E-state index contributed by atoms with van der Waals surface area (Å²) in [6.45, 7) is 1.35. The second kappa shape index (κ2) is 6.24. The Morgan fingerprint density at radius 2 is 1.95 bits per heavy atom. The second-order valence-electron chi connectivity index (χ2n) is 5.76. The van der Waals surface area contributed by atoms with E-state index in [0.717, 1.165) is 42.9 Å². The van der Waals surface area contributed by atoms with Crippen LogP contribution in [0.5, 0.6) is 11.5 Å². The third kappa shape index (κ3) is 3.40. The average Bonchev–Trinajstić information content (AvgIpc) is 2.72. The minimum Gasteiger partial charge on any atom is -0.490 e. The van der Waals surface area contributed by atoms with Crippen LogP contribution in [0.2, 0.25) is 0 Å². The molecule has 2 atom stereocenters. The number of hydrogen-bond donors (Lipinski definition) is 2. The summed E-state index contributed by atoms with van der Waals surface area (Å²) < 4.78 is 11.3. The summed E-state index contributed by atoms with van der Waals surface area (Å²) in [5.41, 5.74) is 0.968. The number of benzene rings is 1. The summed E-state index contributed by atoms with van der Waals surface area (Å²) in [5.74, 6) is 0.644. The molecule has 0 aromatic heterocycles. The topological polar surface area (TPSA) is 67.8 Å². The normalized spacial score (nSPS) is 25.0. The van der Waals surface area contributed by atoms with Crippen molar-refractivity contribution < 1.29 is 19.4 Å². The van der Waals surface area contributed by atoms with Crippen molar-refractivity contribution in [3.05, 3.63) is 18.2 Å². The number of carboxylic acid groups (broad SMARTS) is 1. The fraction of sp³-hybridized carbons (Fsp3) is 0.562. The number of aliphatic carboxylic acids is 1. The summed E-state index contributed by atoms with van der Waals surface area (Å²) in [7, 11) is 0. The Hall–Kier alpha value is -1.91. The molecular formula is C16H21NO4. The maximum Gasteiger partial charge on any atom is 0.306 e. The zero-order valence-corrected chi connectivity index (χ0v) is 12.0. The highest BCUT2D eigenvalue weighted by atomic mass is 16.5. The van der Waals surface area contributed by atoms with Crippen molar-refractivity contribution >= 4 is 11.7 Å². The largest absolute Gasteiger partial charge is 0.490 e. The molecule has 5 heteroatoms. The van der Waals surface area contributed by atoms with E-state index in [1.165, 1.54) is 0 Å². The molecule has 0 bridgehead atoms. The van der Waals surface area contributed by atoms with Crippen LogP contribution in [0.4, 0.5) is 5.69 Å². The highest BCUT2D eigenvalue weighted by Gasteiger charge is 2.27. The molecule has 2 aliphatic rings. The number of nitrogens with one attached hydrogen (secondary N) is 1. The first-order valence-corrected chi connectivity index (χ1v) is 7.61. The summed E-state index contributed by atoms with van der Waals surface area (Å²) in [4.78, 5) is 11.1. The van der Waals surface area contributed by atoms with Crippen LogP contribution in [0.1, 0.15) is 32.1 Å². The van der Waals surface area contributed by atoms with E-state index in [-0.39, 0.29) is 12.0 Å². The van der Waals surface area contributed by atoms with E-state index in [2.05, 4.69) is 5.32 Å². The molecule has 0 saturated heterocycles. The molecule has 3 rings (SSSR count). The molecule has 1 heterocycles. The molecule has 0 amide bonds. The first-order valence-electron chi connectivity index (χ1n) is 7.61. The molecule has 0 spiro atoms. The molecule has 1 aliphatic carbocycles. The van der Waals surface area contributed by atoms with Gasteiger partial charge in [-0.15, -0.1) is 0 Å². The van der Waals surface area contributed by atoms with Crippen molar-refractivity contribution in [1.29, 1.82) is 0 Å². The van der Waals surface area contributed by atoms with Gasteiger partial charge in [-0.2, -0.15) is 0 Å². The maximum absolute atomic E-state index is 11.1. The zero-order chi connectivity index (χ0) is 14.7. The summed E-state index contributed by atoms with van der Waals surface area (Å²) in [5, 5.41) is 12.6. The number of rotatable bonds is 3. The summed E-state index contributed by atoms with van der Waals surface area (Å²) in [6.07, 6.45) is 4.33. The summed E-state index contributed by atoms with van der Waals surface area (Å²) in [6, 6.07) is 6.05. The number of carbonyl (C=O) groups is 1. The molecule has 2 unspecified atom stereocenters. The minimum absolute atomic E-state index is 0.213. The fourth-order valence-corrected chi connectivity index (χ4v) is 3.03. The molecule has 2 N–H and O–H groups in total. The van der Waals surface area contributed by atoms with Gasteiger partial charge in [-0.3, -0.25) is 4.79 Å². The molecule has 1 aliphatic heterocycles. The third-order valence-corrected chi connectivity index (χ3v) is 4.14. The molecular weight excluding hydrogens is 270 g/mol. The van der Waals surface area contributed by atoms with Crippen molar-refractivity contribution in [1.82, 2.24) is 0 Å². The number of ether oxygens (including phenoxy) is 2. The van der Waals surface area contributed by atoms with Gasteiger partial charge in [-0.1, -0.05) is 6.42 Å². The number of fused-ring (bicyclic) bond motifs is 1. The Morgan fingerprint density at radius 3 is 2.76 bits per heavy atom. The van der Waals surface area contributed by atoms with Gasteiger partial charge in [-0.25, -0.2) is 0 Å². The number of anilines is 1. The van der Waals surface area contributed by atoms with Gasteiger partial charge < -0.3 is 19.9 Å². The van der Waals surface area contributed by atoms with E-state index in [1.807, 2.05) is 18.2 Å². The van der Waals surface area contributed by atoms with Gasteiger partial charge in [0.2, 0.25) is 0 Å². The molecule has 1 saturated carbocycles. The Bertz CT molecular complexity index is 517. The Labute approximate surface area is 124 Å². The van der Waals surface area contributed by atoms with Crippen LogP contribution in [0.3, 0.4) is 0 Å². The zero-order valence-electron chi connectivity index (χ0n) is 12.0. The Morgan fingerprint density at radius 1 is 1.14 bits per heavy atom. The van der Waals surface area contributed by atoms with Crippen LogP contribution in [-0.2, 0) is 4.79 Å². The molecule has 1 fully saturated rings. The van der Waals surface area contributed by atoms with Crippen molar-refractivity contribution in [3.8, 4) is 11.5 Å². The minimum atomic E-state index is -0.680. The van der Waals surface area contributed by atoms with Crippen molar-refractivity contribution in [3.63, 3.8) is 0 Å². The van der Waals surface area contributed by atoms with Crippen molar-refractivity contribution in [2.24, 2.45) is 5.92 Å². The van der Waals surface area contributed by atoms with Crippen LogP contribution in [0.15, 0.2) is 18.2 Å². The lowest BCUT2D eigenvalue weighted by Crippen LogP contribution is -2.30. The molecule has 21 heavy (non-hydrogen) atoms. The van der Waals surface area contributed by atoms with Gasteiger partial charge in [0.25, 0.3) is 0 Å². The SMILES string of the molecule is O=C(O)C1CCCC(Nc2ccc3c(c2)OCCCO3)C1. The molecule has 0 radical (unpaired) electrons. The molecule has 114 valence electrons. The fourth-order valence-electron chi connectivity index (χ4n) is 3.03. The van der Waals surface area contributed by atoms with Crippen molar-refractivity contribution in [2.45, 2.75) is 38.1 Å². The van der Waals surface area contributed by atoms with Gasteiger partial charge in [-0.05, 0) is 31.4 Å². The van der Waals surface area contributed by atoms with Gasteiger partial charge in [0.05, 0.1) is 19.1 Å². The first-order chi connectivity index (χ1) is 10.2. The van der Waals surface area contributed by atoms with E-state index in [0.29, 0.717) is 19.6 Å². The predicted octanol–water partition coefficient (Wildman–Crippen LogP) is 2.90. The lowest BCUT2D eigenvalue weighted by molar-refractivity contribution is -0.142. The monoisotopic (exact) mass is 291 g/mol. The van der Waals surface area contributed by atoms with E-state index in [9.17, 15) is 4.79 Å². The highest BCUT2D eigenvalue weighted by molar-refractivity contribution is 5.70. The van der Waals surface area contributed by atoms with E-state index in [1.54, 1.807) is 0 Å². The quantitative estimate of drug-likeness (QED) is 0.896. The third-order valence-electron chi connectivity index (χ3n) is 4.14. The average molecular weight is 291 g/mol. The van der Waals surface area contributed by atoms with Crippen LogP contribution in [0.25, 0.3) is 0 Å². The predicted molar refractivity (Wildman–Crippen MR) is 79.1 cm³/mol. The molecule has 1 aromatic rings. The van der Waals surface area contributed by atoms with Gasteiger partial charge in [0, 0.05) is 24.2 Å². The maximum atomic E-state index is 11.1. The lowest BCUT2D eigenvalue weighted by atomic mass is 9.85. The molecule has 1 aromatic carbocycles. The number of hydrogen-bond acceptors (Lipinski definition) is 4. The smallest absolute Gasteiger partial charge is 0.306 e. The lowest BCUT2D eigenvalue weighted by Gasteiger charge is -2.28.